The Kier molecular flexibility index (Phi) is 5.13. The molecule has 0 aliphatic heterocycles. The molecule has 0 saturated heterocycles. The van der Waals surface area contributed by atoms with Crippen molar-refractivity contribution in [2.24, 2.45) is 0 Å². The minimum absolute atomic E-state index is 0.0222. The monoisotopic (exact) mass is 236 g/mol. The van der Waals surface area contributed by atoms with Crippen molar-refractivity contribution < 1.29 is 9.72 Å². The third-order valence-electron chi connectivity index (χ3n) is 2.37. The molecule has 0 bridgehead atoms. The fraction of sp³-hybridized carbons (Fsp3) is 0.417. The zero-order valence-corrected chi connectivity index (χ0v) is 9.81. The number of nitrogens with one attached hydrogen (secondary N) is 1. The van der Waals surface area contributed by atoms with E-state index in [9.17, 15) is 14.9 Å². The Morgan fingerprint density at radius 1 is 1.29 bits per heavy atom. The van der Waals surface area contributed by atoms with Crippen molar-refractivity contribution in [1.29, 1.82) is 0 Å². The normalized spacial score (nSPS) is 9.94. The van der Waals surface area contributed by atoms with Crippen molar-refractivity contribution in [3.05, 3.63) is 34.4 Å². The molecule has 1 rings (SSSR count). The number of non-ortho nitro benzene ring substituents is 1. The first-order valence-corrected chi connectivity index (χ1v) is 5.67. The number of nitro groups is 1. The molecule has 0 heterocycles. The van der Waals surface area contributed by atoms with Gasteiger partial charge in [0.15, 0.2) is 0 Å². The van der Waals surface area contributed by atoms with E-state index in [-0.39, 0.29) is 11.6 Å². The number of nitro benzene ring substituents is 1. The van der Waals surface area contributed by atoms with Gasteiger partial charge in [-0.05, 0) is 18.6 Å². The lowest BCUT2D eigenvalue weighted by Gasteiger charge is -2.04. The number of unbranched alkanes of at least 4 members (excludes halogenated alkanes) is 2. The van der Waals surface area contributed by atoms with Gasteiger partial charge in [-0.2, -0.15) is 0 Å². The van der Waals surface area contributed by atoms with Crippen molar-refractivity contribution in [1.82, 2.24) is 0 Å². The van der Waals surface area contributed by atoms with Crippen LogP contribution in [0.3, 0.4) is 0 Å². The molecule has 0 unspecified atom stereocenters. The van der Waals surface area contributed by atoms with E-state index in [1.165, 1.54) is 24.3 Å². The zero-order valence-electron chi connectivity index (χ0n) is 9.81. The van der Waals surface area contributed by atoms with Gasteiger partial charge in [0.25, 0.3) is 5.69 Å². The molecular formula is C12H16N2O3. The third-order valence-corrected chi connectivity index (χ3v) is 2.37. The molecule has 1 aromatic carbocycles. The molecule has 0 aliphatic rings. The maximum Gasteiger partial charge on any atom is 0.269 e. The lowest BCUT2D eigenvalue weighted by Crippen LogP contribution is -2.10. The fourth-order valence-electron chi connectivity index (χ4n) is 1.43. The third kappa shape index (κ3) is 4.63. The van der Waals surface area contributed by atoms with Gasteiger partial charge in [0, 0.05) is 24.2 Å². The second-order valence-corrected chi connectivity index (χ2v) is 3.81. The van der Waals surface area contributed by atoms with E-state index >= 15 is 0 Å². The van der Waals surface area contributed by atoms with Crippen molar-refractivity contribution in [3.63, 3.8) is 0 Å². The highest BCUT2D eigenvalue weighted by Crippen LogP contribution is 2.15. The molecule has 17 heavy (non-hydrogen) atoms. The van der Waals surface area contributed by atoms with Crippen LogP contribution in [0.1, 0.15) is 32.6 Å². The van der Waals surface area contributed by atoms with Gasteiger partial charge in [-0.1, -0.05) is 19.8 Å². The number of carbonyl (C=O) groups is 1. The van der Waals surface area contributed by atoms with Crippen LogP contribution in [0, 0.1) is 10.1 Å². The number of amides is 1. The first-order chi connectivity index (χ1) is 8.13. The van der Waals surface area contributed by atoms with Gasteiger partial charge in [-0.15, -0.1) is 0 Å². The molecule has 1 N–H and O–H groups in total. The molecule has 1 aromatic rings. The van der Waals surface area contributed by atoms with E-state index in [2.05, 4.69) is 12.2 Å². The largest absolute Gasteiger partial charge is 0.326 e. The number of nitrogens with zero attached hydrogens (tertiary/aromatic N) is 1. The predicted octanol–water partition coefficient (Wildman–Crippen LogP) is 3.11. The summed E-state index contributed by atoms with van der Waals surface area (Å²) in [4.78, 5) is 21.4. The molecule has 0 fully saturated rings. The standard InChI is InChI=1S/C12H16N2O3/c1-2-3-4-5-12(15)13-10-6-8-11(9-7-10)14(16)17/h6-9H,2-5H2,1H3,(H,13,15). The van der Waals surface area contributed by atoms with Crippen LogP contribution < -0.4 is 5.32 Å². The molecule has 0 atom stereocenters. The highest BCUT2D eigenvalue weighted by molar-refractivity contribution is 5.90. The molecule has 5 nitrogen and oxygen atoms in total. The summed E-state index contributed by atoms with van der Waals surface area (Å²) in [5.74, 6) is -0.0488. The molecule has 0 aliphatic carbocycles. The molecule has 0 spiro atoms. The van der Waals surface area contributed by atoms with Crippen LogP contribution in [0.2, 0.25) is 0 Å². The van der Waals surface area contributed by atoms with E-state index in [4.69, 9.17) is 0 Å². The lowest BCUT2D eigenvalue weighted by atomic mass is 10.2. The molecule has 0 aromatic heterocycles. The number of rotatable bonds is 6. The average molecular weight is 236 g/mol. The Morgan fingerprint density at radius 2 is 1.94 bits per heavy atom. The average Bonchev–Trinajstić information content (AvgIpc) is 2.30. The van der Waals surface area contributed by atoms with Crippen LogP contribution in [-0.2, 0) is 4.79 Å². The topological polar surface area (TPSA) is 72.2 Å². The number of hydrogen-bond acceptors (Lipinski definition) is 3. The molecule has 0 radical (unpaired) electrons. The predicted molar refractivity (Wildman–Crippen MR) is 65.9 cm³/mol. The number of benzene rings is 1. The Labute approximate surface area is 100.0 Å². The Morgan fingerprint density at radius 3 is 2.47 bits per heavy atom. The van der Waals surface area contributed by atoms with Crippen molar-refractivity contribution in [3.8, 4) is 0 Å². The zero-order chi connectivity index (χ0) is 12.7. The van der Waals surface area contributed by atoms with E-state index in [0.29, 0.717) is 12.1 Å². The maximum atomic E-state index is 11.5. The summed E-state index contributed by atoms with van der Waals surface area (Å²) in [6, 6.07) is 5.83. The molecular weight excluding hydrogens is 220 g/mol. The minimum atomic E-state index is -0.465. The molecule has 92 valence electrons. The summed E-state index contributed by atoms with van der Waals surface area (Å²) in [5, 5.41) is 13.1. The summed E-state index contributed by atoms with van der Waals surface area (Å²) in [7, 11) is 0. The summed E-state index contributed by atoms with van der Waals surface area (Å²) < 4.78 is 0. The maximum absolute atomic E-state index is 11.5. The van der Waals surface area contributed by atoms with E-state index < -0.39 is 4.92 Å². The van der Waals surface area contributed by atoms with E-state index in [0.717, 1.165) is 19.3 Å². The van der Waals surface area contributed by atoms with Crippen LogP contribution in [0.4, 0.5) is 11.4 Å². The van der Waals surface area contributed by atoms with Crippen molar-refractivity contribution in [2.45, 2.75) is 32.6 Å². The number of anilines is 1. The summed E-state index contributed by atoms with van der Waals surface area (Å²) in [6.45, 7) is 2.08. The van der Waals surface area contributed by atoms with Gasteiger partial charge in [0.2, 0.25) is 5.91 Å². The van der Waals surface area contributed by atoms with Gasteiger partial charge in [0.05, 0.1) is 4.92 Å². The Hall–Kier alpha value is -1.91. The number of hydrogen-bond donors (Lipinski definition) is 1. The second-order valence-electron chi connectivity index (χ2n) is 3.81. The van der Waals surface area contributed by atoms with Crippen molar-refractivity contribution in [2.75, 3.05) is 5.32 Å². The fourth-order valence-corrected chi connectivity index (χ4v) is 1.43. The van der Waals surface area contributed by atoms with Gasteiger partial charge in [-0.3, -0.25) is 14.9 Å². The van der Waals surface area contributed by atoms with Crippen LogP contribution in [-0.4, -0.2) is 10.8 Å². The summed E-state index contributed by atoms with van der Waals surface area (Å²) >= 11 is 0. The van der Waals surface area contributed by atoms with Crippen molar-refractivity contribution >= 4 is 17.3 Å². The van der Waals surface area contributed by atoms with Crippen LogP contribution >= 0.6 is 0 Å². The second kappa shape index (κ2) is 6.62. The van der Waals surface area contributed by atoms with Gasteiger partial charge in [0.1, 0.15) is 0 Å². The first-order valence-electron chi connectivity index (χ1n) is 5.67. The smallest absolute Gasteiger partial charge is 0.269 e. The minimum Gasteiger partial charge on any atom is -0.326 e. The Balaban J connectivity index is 2.46. The number of carbonyl (C=O) groups excluding carboxylic acids is 1. The van der Waals surface area contributed by atoms with E-state index in [1.807, 2.05) is 0 Å². The molecule has 1 amide bonds. The van der Waals surface area contributed by atoms with Crippen LogP contribution in [0.25, 0.3) is 0 Å². The molecule has 0 saturated carbocycles. The van der Waals surface area contributed by atoms with E-state index in [1.54, 1.807) is 0 Å². The highest BCUT2D eigenvalue weighted by atomic mass is 16.6. The highest BCUT2D eigenvalue weighted by Gasteiger charge is 2.05. The van der Waals surface area contributed by atoms with Gasteiger partial charge < -0.3 is 5.32 Å². The quantitative estimate of drug-likeness (QED) is 0.468. The first kappa shape index (κ1) is 13.2. The lowest BCUT2D eigenvalue weighted by molar-refractivity contribution is -0.384. The van der Waals surface area contributed by atoms with Gasteiger partial charge in [-0.25, -0.2) is 0 Å². The molecule has 5 heteroatoms. The summed E-state index contributed by atoms with van der Waals surface area (Å²) in [6.07, 6.45) is 3.47. The summed E-state index contributed by atoms with van der Waals surface area (Å²) in [5.41, 5.74) is 0.617. The SMILES string of the molecule is CCCCCC(=O)Nc1ccc([N+](=O)[O-])cc1. The van der Waals surface area contributed by atoms with Crippen LogP contribution in [0.15, 0.2) is 24.3 Å². The van der Waals surface area contributed by atoms with Crippen LogP contribution in [0.5, 0.6) is 0 Å². The van der Waals surface area contributed by atoms with Gasteiger partial charge >= 0.3 is 0 Å². The Bertz CT molecular complexity index is 387.